The number of carbonyl (C=O) groups is 1. The summed E-state index contributed by atoms with van der Waals surface area (Å²) in [7, 11) is 0. The average Bonchev–Trinajstić information content (AvgIpc) is 2.81. The average molecular weight is 316 g/mol. The van der Waals surface area contributed by atoms with E-state index in [9.17, 15) is 9.18 Å². The van der Waals surface area contributed by atoms with Crippen LogP contribution in [0.15, 0.2) is 59.2 Å². The summed E-state index contributed by atoms with van der Waals surface area (Å²) in [6, 6.07) is 13.1. The third-order valence-corrected chi connectivity index (χ3v) is 3.32. The first-order valence-electron chi connectivity index (χ1n) is 6.61. The molecule has 0 aliphatic carbocycles. The van der Waals surface area contributed by atoms with Crippen molar-refractivity contribution in [1.29, 1.82) is 0 Å². The summed E-state index contributed by atoms with van der Waals surface area (Å²) in [5, 5.41) is 0.580. The molecule has 2 aromatic rings. The summed E-state index contributed by atoms with van der Waals surface area (Å²) in [5.74, 6) is -0.516. The fraction of sp³-hybridized carbons (Fsp3) is 0.0588. The van der Waals surface area contributed by atoms with Gasteiger partial charge in [0.1, 0.15) is 5.82 Å². The molecular formula is C17H11ClFNO2. The molecule has 3 nitrogen and oxygen atoms in total. The van der Waals surface area contributed by atoms with Gasteiger partial charge < -0.3 is 4.74 Å². The highest BCUT2D eigenvalue weighted by Gasteiger charge is 2.22. The Morgan fingerprint density at radius 3 is 2.68 bits per heavy atom. The lowest BCUT2D eigenvalue weighted by Gasteiger charge is -1.99. The van der Waals surface area contributed by atoms with Crippen LogP contribution in [0.1, 0.15) is 11.1 Å². The molecule has 3 rings (SSSR count). The van der Waals surface area contributed by atoms with Gasteiger partial charge in [-0.2, -0.15) is 0 Å². The Morgan fingerprint density at radius 1 is 1.18 bits per heavy atom. The largest absolute Gasteiger partial charge is 0.406 e. The van der Waals surface area contributed by atoms with Crippen molar-refractivity contribution in [2.24, 2.45) is 4.99 Å². The minimum atomic E-state index is -0.503. The standard InChI is InChI=1S/C17H11ClFNO2/c18-13-3-1-2-12(8-13)9-15-17(21)22-16(20-15)10-11-4-6-14(19)7-5-11/h1-9H,10H2/b15-9+. The lowest BCUT2D eigenvalue weighted by molar-refractivity contribution is -0.130. The SMILES string of the molecule is O=C1OC(Cc2ccc(F)cc2)=N/C1=C/c1cccc(Cl)c1. The maximum absolute atomic E-state index is 12.9. The van der Waals surface area contributed by atoms with Crippen LogP contribution >= 0.6 is 11.6 Å². The molecular weight excluding hydrogens is 305 g/mol. The Hall–Kier alpha value is -2.46. The molecule has 1 aliphatic heterocycles. The van der Waals surface area contributed by atoms with Gasteiger partial charge in [0.05, 0.1) is 0 Å². The van der Waals surface area contributed by atoms with Crippen LogP contribution in [0.5, 0.6) is 0 Å². The first-order valence-corrected chi connectivity index (χ1v) is 6.99. The van der Waals surface area contributed by atoms with Crippen LogP contribution in [0.4, 0.5) is 4.39 Å². The summed E-state index contributed by atoms with van der Waals surface area (Å²) >= 11 is 5.90. The van der Waals surface area contributed by atoms with Crippen molar-refractivity contribution in [3.8, 4) is 0 Å². The van der Waals surface area contributed by atoms with Crippen molar-refractivity contribution in [2.75, 3.05) is 0 Å². The maximum atomic E-state index is 12.9. The smallest absolute Gasteiger partial charge is 0.363 e. The Bertz CT molecular complexity index is 782. The van der Waals surface area contributed by atoms with Gasteiger partial charge >= 0.3 is 5.97 Å². The fourth-order valence-electron chi connectivity index (χ4n) is 2.06. The molecule has 1 aliphatic rings. The molecule has 0 amide bonds. The van der Waals surface area contributed by atoms with Crippen LogP contribution in [0, 0.1) is 5.82 Å². The van der Waals surface area contributed by atoms with Crippen LogP contribution in [0.25, 0.3) is 6.08 Å². The number of ether oxygens (including phenoxy) is 1. The van der Waals surface area contributed by atoms with Crippen molar-refractivity contribution < 1.29 is 13.9 Å². The molecule has 0 saturated carbocycles. The molecule has 0 saturated heterocycles. The van der Waals surface area contributed by atoms with Gasteiger partial charge in [-0.05, 0) is 41.5 Å². The van der Waals surface area contributed by atoms with E-state index >= 15 is 0 Å². The Morgan fingerprint density at radius 2 is 1.95 bits per heavy atom. The van der Waals surface area contributed by atoms with E-state index in [4.69, 9.17) is 16.3 Å². The van der Waals surface area contributed by atoms with Crippen molar-refractivity contribution >= 4 is 29.5 Å². The maximum Gasteiger partial charge on any atom is 0.363 e. The van der Waals surface area contributed by atoms with E-state index in [-0.39, 0.29) is 11.5 Å². The highest BCUT2D eigenvalue weighted by atomic mass is 35.5. The van der Waals surface area contributed by atoms with E-state index in [2.05, 4.69) is 4.99 Å². The molecule has 0 bridgehead atoms. The van der Waals surface area contributed by atoms with Crippen LogP contribution in [0.3, 0.4) is 0 Å². The monoisotopic (exact) mass is 315 g/mol. The highest BCUT2D eigenvalue weighted by molar-refractivity contribution is 6.30. The molecule has 110 valence electrons. The molecule has 0 N–H and O–H groups in total. The van der Waals surface area contributed by atoms with Gasteiger partial charge in [0.15, 0.2) is 5.70 Å². The predicted octanol–water partition coefficient (Wildman–Crippen LogP) is 4.02. The van der Waals surface area contributed by atoms with Crippen molar-refractivity contribution in [3.63, 3.8) is 0 Å². The normalized spacial score (nSPS) is 15.8. The molecule has 1 heterocycles. The minimum Gasteiger partial charge on any atom is -0.406 e. The summed E-state index contributed by atoms with van der Waals surface area (Å²) in [6.45, 7) is 0. The minimum absolute atomic E-state index is 0.222. The zero-order valence-corrected chi connectivity index (χ0v) is 12.2. The number of halogens is 2. The van der Waals surface area contributed by atoms with Gasteiger partial charge in [0.2, 0.25) is 5.90 Å². The van der Waals surface area contributed by atoms with Gasteiger partial charge in [-0.1, -0.05) is 35.9 Å². The first kappa shape index (κ1) is 14.5. The molecule has 5 heteroatoms. The first-order chi connectivity index (χ1) is 10.6. The van der Waals surface area contributed by atoms with E-state index in [0.29, 0.717) is 17.3 Å². The number of cyclic esters (lactones) is 1. The van der Waals surface area contributed by atoms with Gasteiger partial charge in [-0.15, -0.1) is 0 Å². The Labute approximate surface area is 131 Å². The summed E-state index contributed by atoms with van der Waals surface area (Å²) in [5.41, 5.74) is 1.81. The molecule has 0 unspecified atom stereocenters. The second-order valence-electron chi connectivity index (χ2n) is 4.78. The molecule has 0 aromatic heterocycles. The molecule has 0 fully saturated rings. The van der Waals surface area contributed by atoms with E-state index in [1.165, 1.54) is 12.1 Å². The number of rotatable bonds is 3. The fourth-order valence-corrected chi connectivity index (χ4v) is 2.26. The lowest BCUT2D eigenvalue weighted by atomic mass is 10.1. The summed E-state index contributed by atoms with van der Waals surface area (Å²) in [6.07, 6.45) is 1.95. The Balaban J connectivity index is 1.80. The van der Waals surface area contributed by atoms with Crippen LogP contribution in [-0.4, -0.2) is 11.9 Å². The third kappa shape index (κ3) is 3.40. The number of hydrogen-bond donors (Lipinski definition) is 0. The predicted molar refractivity (Wildman–Crippen MR) is 83.1 cm³/mol. The molecule has 22 heavy (non-hydrogen) atoms. The molecule has 0 radical (unpaired) electrons. The van der Waals surface area contributed by atoms with Gasteiger partial charge in [0.25, 0.3) is 0 Å². The summed E-state index contributed by atoms with van der Waals surface area (Å²) < 4.78 is 18.0. The zero-order chi connectivity index (χ0) is 15.5. The third-order valence-electron chi connectivity index (χ3n) is 3.09. The quantitative estimate of drug-likeness (QED) is 0.634. The highest BCUT2D eigenvalue weighted by Crippen LogP contribution is 2.19. The van der Waals surface area contributed by atoms with Gasteiger partial charge in [0, 0.05) is 11.4 Å². The van der Waals surface area contributed by atoms with Crippen LogP contribution in [0.2, 0.25) is 5.02 Å². The molecule has 0 atom stereocenters. The number of hydrogen-bond acceptors (Lipinski definition) is 3. The van der Waals surface area contributed by atoms with E-state index < -0.39 is 5.97 Å². The summed E-state index contributed by atoms with van der Waals surface area (Å²) in [4.78, 5) is 16.0. The van der Waals surface area contributed by atoms with Crippen LogP contribution < -0.4 is 0 Å². The lowest BCUT2D eigenvalue weighted by Crippen LogP contribution is -2.06. The van der Waals surface area contributed by atoms with Crippen molar-refractivity contribution in [2.45, 2.75) is 6.42 Å². The van der Waals surface area contributed by atoms with Crippen LogP contribution in [-0.2, 0) is 16.0 Å². The number of esters is 1. The second-order valence-corrected chi connectivity index (χ2v) is 5.22. The molecule has 0 spiro atoms. The number of carbonyl (C=O) groups excluding carboxylic acids is 1. The zero-order valence-electron chi connectivity index (χ0n) is 11.4. The number of nitrogens with zero attached hydrogens (tertiary/aromatic N) is 1. The number of aliphatic imine (C=N–C) groups is 1. The molecule has 2 aromatic carbocycles. The Kier molecular flexibility index (Phi) is 4.02. The van der Waals surface area contributed by atoms with Gasteiger partial charge in [-0.3, -0.25) is 0 Å². The van der Waals surface area contributed by atoms with E-state index in [0.717, 1.165) is 11.1 Å². The van der Waals surface area contributed by atoms with Gasteiger partial charge in [-0.25, -0.2) is 14.2 Å². The van der Waals surface area contributed by atoms with E-state index in [1.54, 1.807) is 36.4 Å². The van der Waals surface area contributed by atoms with E-state index in [1.807, 2.05) is 6.07 Å². The number of benzene rings is 2. The topological polar surface area (TPSA) is 38.7 Å². The second kappa shape index (κ2) is 6.12. The van der Waals surface area contributed by atoms with Crippen molar-refractivity contribution in [1.82, 2.24) is 0 Å². The van der Waals surface area contributed by atoms with Crippen molar-refractivity contribution in [3.05, 3.63) is 76.2 Å².